The monoisotopic (exact) mass is 281 g/mol. The van der Waals surface area contributed by atoms with Crippen LogP contribution in [0.5, 0.6) is 5.75 Å². The van der Waals surface area contributed by atoms with Gasteiger partial charge in [-0.05, 0) is 12.1 Å². The van der Waals surface area contributed by atoms with Gasteiger partial charge in [0, 0.05) is 18.8 Å². The Morgan fingerprint density at radius 2 is 2.00 bits per heavy atom. The van der Waals surface area contributed by atoms with E-state index in [4.69, 9.17) is 9.84 Å². The smallest absolute Gasteiger partial charge is 0.339 e. The summed E-state index contributed by atoms with van der Waals surface area (Å²) < 4.78 is 4.93. The number of urea groups is 1. The van der Waals surface area contributed by atoms with Gasteiger partial charge in [0.25, 0.3) is 0 Å². The van der Waals surface area contributed by atoms with Crippen molar-refractivity contribution in [2.75, 3.05) is 26.0 Å². The quantitative estimate of drug-likeness (QED) is 0.617. The SMILES string of the molecule is CNC(=O)CNC(=O)Nc1ccc(C(=O)O)c(OC)c1. The van der Waals surface area contributed by atoms with Gasteiger partial charge in [-0.15, -0.1) is 0 Å². The predicted octanol–water partition coefficient (Wildman–Crippen LogP) is 0.261. The third-order valence-corrected chi connectivity index (χ3v) is 2.38. The third kappa shape index (κ3) is 4.16. The molecular weight excluding hydrogens is 266 g/mol. The molecule has 0 aromatic heterocycles. The number of carbonyl (C=O) groups excluding carboxylic acids is 2. The van der Waals surface area contributed by atoms with Gasteiger partial charge in [0.15, 0.2) is 0 Å². The normalized spacial score (nSPS) is 9.50. The fourth-order valence-electron chi connectivity index (χ4n) is 1.37. The fraction of sp³-hybridized carbons (Fsp3) is 0.250. The van der Waals surface area contributed by atoms with Crippen molar-refractivity contribution >= 4 is 23.6 Å². The largest absolute Gasteiger partial charge is 0.496 e. The Kier molecular flexibility index (Phi) is 5.33. The Labute approximate surface area is 115 Å². The molecule has 4 N–H and O–H groups in total. The van der Waals surface area contributed by atoms with Crippen molar-refractivity contribution in [3.63, 3.8) is 0 Å². The summed E-state index contributed by atoms with van der Waals surface area (Å²) in [7, 11) is 2.79. The molecule has 20 heavy (non-hydrogen) atoms. The van der Waals surface area contributed by atoms with Crippen LogP contribution in [0.1, 0.15) is 10.4 Å². The highest BCUT2D eigenvalue weighted by Gasteiger charge is 2.12. The number of ether oxygens (including phenoxy) is 1. The van der Waals surface area contributed by atoms with E-state index in [1.807, 2.05) is 0 Å². The molecule has 0 radical (unpaired) electrons. The van der Waals surface area contributed by atoms with E-state index in [9.17, 15) is 14.4 Å². The summed E-state index contributed by atoms with van der Waals surface area (Å²) in [6.45, 7) is -0.160. The molecule has 8 nitrogen and oxygen atoms in total. The van der Waals surface area contributed by atoms with Crippen molar-refractivity contribution in [3.8, 4) is 5.75 Å². The first-order valence-electron chi connectivity index (χ1n) is 5.64. The number of carboxylic acids is 1. The van der Waals surface area contributed by atoms with Crippen LogP contribution in [-0.2, 0) is 4.79 Å². The molecule has 0 saturated carbocycles. The number of carbonyl (C=O) groups is 3. The van der Waals surface area contributed by atoms with Gasteiger partial charge in [0.1, 0.15) is 11.3 Å². The maximum atomic E-state index is 11.5. The van der Waals surface area contributed by atoms with Gasteiger partial charge in [0.05, 0.1) is 13.7 Å². The van der Waals surface area contributed by atoms with Crippen molar-refractivity contribution in [3.05, 3.63) is 23.8 Å². The van der Waals surface area contributed by atoms with Crippen LogP contribution in [0.3, 0.4) is 0 Å². The lowest BCUT2D eigenvalue weighted by Crippen LogP contribution is -2.37. The van der Waals surface area contributed by atoms with Crippen molar-refractivity contribution in [1.82, 2.24) is 10.6 Å². The number of hydrogen-bond acceptors (Lipinski definition) is 4. The van der Waals surface area contributed by atoms with Crippen LogP contribution in [-0.4, -0.2) is 43.7 Å². The zero-order chi connectivity index (χ0) is 15.1. The number of benzene rings is 1. The number of rotatable bonds is 5. The summed E-state index contributed by atoms with van der Waals surface area (Å²) in [4.78, 5) is 33.3. The second-order valence-electron chi connectivity index (χ2n) is 3.70. The average Bonchev–Trinajstić information content (AvgIpc) is 2.44. The number of methoxy groups -OCH3 is 1. The number of nitrogens with one attached hydrogen (secondary N) is 3. The van der Waals surface area contributed by atoms with Gasteiger partial charge in [-0.25, -0.2) is 9.59 Å². The van der Waals surface area contributed by atoms with E-state index in [2.05, 4.69) is 16.0 Å². The minimum atomic E-state index is -1.13. The van der Waals surface area contributed by atoms with E-state index in [1.54, 1.807) is 0 Å². The highest BCUT2D eigenvalue weighted by atomic mass is 16.5. The summed E-state index contributed by atoms with van der Waals surface area (Å²) in [6, 6.07) is 3.53. The molecule has 0 fully saturated rings. The Morgan fingerprint density at radius 1 is 1.30 bits per heavy atom. The lowest BCUT2D eigenvalue weighted by atomic mass is 10.2. The van der Waals surface area contributed by atoms with Crippen LogP contribution >= 0.6 is 0 Å². The van der Waals surface area contributed by atoms with Crippen LogP contribution in [0.15, 0.2) is 18.2 Å². The minimum absolute atomic E-state index is 0.0104. The van der Waals surface area contributed by atoms with Crippen LogP contribution in [0.2, 0.25) is 0 Å². The number of likely N-dealkylation sites (N-methyl/N-ethyl adjacent to an activating group) is 1. The Hall–Kier alpha value is -2.77. The topological polar surface area (TPSA) is 117 Å². The second kappa shape index (κ2) is 6.98. The van der Waals surface area contributed by atoms with Gasteiger partial charge in [-0.2, -0.15) is 0 Å². The van der Waals surface area contributed by atoms with Gasteiger partial charge in [-0.1, -0.05) is 0 Å². The lowest BCUT2D eigenvalue weighted by molar-refractivity contribution is -0.119. The summed E-state index contributed by atoms with van der Waals surface area (Å²) in [6.07, 6.45) is 0. The fourth-order valence-corrected chi connectivity index (χ4v) is 1.37. The van der Waals surface area contributed by atoms with Crippen molar-refractivity contribution < 1.29 is 24.2 Å². The van der Waals surface area contributed by atoms with Crippen LogP contribution in [0, 0.1) is 0 Å². The molecule has 0 saturated heterocycles. The van der Waals surface area contributed by atoms with E-state index in [-0.39, 0.29) is 23.8 Å². The van der Waals surface area contributed by atoms with E-state index >= 15 is 0 Å². The zero-order valence-corrected chi connectivity index (χ0v) is 11.0. The number of aromatic carboxylic acids is 1. The predicted molar refractivity (Wildman–Crippen MR) is 71.0 cm³/mol. The van der Waals surface area contributed by atoms with E-state index in [1.165, 1.54) is 32.4 Å². The van der Waals surface area contributed by atoms with E-state index in [0.29, 0.717) is 5.69 Å². The van der Waals surface area contributed by atoms with Gasteiger partial charge in [0.2, 0.25) is 5.91 Å². The van der Waals surface area contributed by atoms with E-state index in [0.717, 1.165) is 0 Å². The molecule has 108 valence electrons. The molecule has 0 bridgehead atoms. The first kappa shape index (κ1) is 15.3. The van der Waals surface area contributed by atoms with Crippen LogP contribution in [0.25, 0.3) is 0 Å². The molecule has 0 unspecified atom stereocenters. The van der Waals surface area contributed by atoms with E-state index < -0.39 is 12.0 Å². The third-order valence-electron chi connectivity index (χ3n) is 2.38. The highest BCUT2D eigenvalue weighted by Crippen LogP contribution is 2.23. The Balaban J connectivity index is 2.71. The molecule has 1 rings (SSSR count). The molecule has 0 aliphatic heterocycles. The first-order valence-corrected chi connectivity index (χ1v) is 5.64. The molecule has 8 heteroatoms. The molecule has 0 atom stereocenters. The lowest BCUT2D eigenvalue weighted by Gasteiger charge is -2.10. The van der Waals surface area contributed by atoms with Gasteiger partial charge < -0.3 is 25.8 Å². The number of hydrogen-bond donors (Lipinski definition) is 4. The molecule has 0 aliphatic carbocycles. The number of anilines is 1. The summed E-state index contributed by atoms with van der Waals surface area (Å²) >= 11 is 0. The first-order chi connectivity index (χ1) is 9.47. The van der Waals surface area contributed by atoms with Crippen molar-refractivity contribution in [2.24, 2.45) is 0 Å². The molecular formula is C12H15N3O5. The second-order valence-corrected chi connectivity index (χ2v) is 3.70. The van der Waals surface area contributed by atoms with Crippen molar-refractivity contribution in [2.45, 2.75) is 0 Å². The van der Waals surface area contributed by atoms with Crippen molar-refractivity contribution in [1.29, 1.82) is 0 Å². The maximum absolute atomic E-state index is 11.5. The molecule has 0 heterocycles. The van der Waals surface area contributed by atoms with Crippen LogP contribution < -0.4 is 20.7 Å². The Morgan fingerprint density at radius 3 is 2.55 bits per heavy atom. The van der Waals surface area contributed by atoms with Gasteiger partial charge in [-0.3, -0.25) is 4.79 Å². The maximum Gasteiger partial charge on any atom is 0.339 e. The molecule has 1 aromatic rings. The number of amides is 3. The summed E-state index contributed by atoms with van der Waals surface area (Å²) in [5.41, 5.74) is 0.338. The Bertz CT molecular complexity index is 530. The molecule has 0 aliphatic rings. The molecule has 1 aromatic carbocycles. The molecule has 0 spiro atoms. The number of carboxylic acid groups (broad SMARTS) is 1. The minimum Gasteiger partial charge on any atom is -0.496 e. The summed E-state index contributed by atoms with van der Waals surface area (Å²) in [5.74, 6) is -1.34. The highest BCUT2D eigenvalue weighted by molar-refractivity contribution is 5.95. The standard InChI is InChI=1S/C12H15N3O5/c1-13-10(16)6-14-12(19)15-7-3-4-8(11(17)18)9(5-7)20-2/h3-5H,6H2,1-2H3,(H,13,16)(H,17,18)(H2,14,15,19). The molecule has 3 amide bonds. The summed E-state index contributed by atoms with van der Waals surface area (Å²) in [5, 5.41) is 16.1. The average molecular weight is 281 g/mol. The zero-order valence-electron chi connectivity index (χ0n) is 11.0. The van der Waals surface area contributed by atoms with Gasteiger partial charge >= 0.3 is 12.0 Å². The van der Waals surface area contributed by atoms with Crippen LogP contribution in [0.4, 0.5) is 10.5 Å².